The van der Waals surface area contributed by atoms with Gasteiger partial charge in [0.05, 0.1) is 12.8 Å². The highest BCUT2D eigenvalue weighted by atomic mass is 32.1. The van der Waals surface area contributed by atoms with Crippen LogP contribution in [0.1, 0.15) is 19.8 Å². The summed E-state index contributed by atoms with van der Waals surface area (Å²) >= 11 is 1.41. The van der Waals surface area contributed by atoms with Gasteiger partial charge in [-0.3, -0.25) is 0 Å². The summed E-state index contributed by atoms with van der Waals surface area (Å²) in [5.74, 6) is 1.54. The van der Waals surface area contributed by atoms with Crippen molar-refractivity contribution in [2.75, 3.05) is 12.3 Å². The molecule has 1 aromatic heterocycles. The number of thiazole rings is 1. The van der Waals surface area contributed by atoms with Crippen LogP contribution >= 0.6 is 11.3 Å². The molecule has 1 aromatic rings. The summed E-state index contributed by atoms with van der Waals surface area (Å²) in [4.78, 5) is 4.04. The number of nitrogens with two attached hydrogens (primary N) is 1. The maximum absolute atomic E-state index is 5.53. The van der Waals surface area contributed by atoms with Crippen LogP contribution in [0.5, 0.6) is 5.19 Å². The van der Waals surface area contributed by atoms with Gasteiger partial charge in [0.15, 0.2) is 0 Å². The molecule has 1 aliphatic rings. The summed E-state index contributed by atoms with van der Waals surface area (Å²) in [6.45, 7) is 3.01. The largest absolute Gasteiger partial charge is 0.470 e. The van der Waals surface area contributed by atoms with Gasteiger partial charge >= 0.3 is 0 Å². The molecule has 0 radical (unpaired) electrons. The minimum Gasteiger partial charge on any atom is -0.470 e. The number of nitrogens with zero attached hydrogens (tertiary/aromatic N) is 1. The van der Waals surface area contributed by atoms with Crippen LogP contribution in [0.4, 0.5) is 5.00 Å². The van der Waals surface area contributed by atoms with Crippen molar-refractivity contribution in [1.29, 1.82) is 0 Å². The van der Waals surface area contributed by atoms with E-state index in [0.717, 1.165) is 12.5 Å². The van der Waals surface area contributed by atoms with Gasteiger partial charge in [0.25, 0.3) is 5.19 Å². The SMILES string of the molecule is CC(COc1ncc(N)s1)C1CC1. The molecular formula is C9H14N2OS. The van der Waals surface area contributed by atoms with Gasteiger partial charge in [-0.25, -0.2) is 4.98 Å². The molecular weight excluding hydrogens is 184 g/mol. The smallest absolute Gasteiger partial charge is 0.275 e. The van der Waals surface area contributed by atoms with Crippen LogP contribution in [0.25, 0.3) is 0 Å². The van der Waals surface area contributed by atoms with Crippen molar-refractivity contribution in [2.45, 2.75) is 19.8 Å². The maximum Gasteiger partial charge on any atom is 0.275 e. The van der Waals surface area contributed by atoms with E-state index in [2.05, 4.69) is 11.9 Å². The van der Waals surface area contributed by atoms with E-state index in [-0.39, 0.29) is 0 Å². The van der Waals surface area contributed by atoms with E-state index < -0.39 is 0 Å². The number of rotatable bonds is 4. The second kappa shape index (κ2) is 3.54. The van der Waals surface area contributed by atoms with E-state index in [4.69, 9.17) is 10.5 Å². The zero-order chi connectivity index (χ0) is 9.26. The molecule has 0 saturated heterocycles. The molecule has 2 rings (SSSR count). The molecule has 0 bridgehead atoms. The van der Waals surface area contributed by atoms with Gasteiger partial charge in [0.2, 0.25) is 0 Å². The molecule has 1 saturated carbocycles. The number of anilines is 1. The van der Waals surface area contributed by atoms with Crippen LogP contribution in [0.15, 0.2) is 6.20 Å². The Morgan fingerprint density at radius 3 is 3.08 bits per heavy atom. The molecule has 4 heteroatoms. The van der Waals surface area contributed by atoms with Crippen LogP contribution in [-0.2, 0) is 0 Å². The van der Waals surface area contributed by atoms with Crippen molar-refractivity contribution in [2.24, 2.45) is 11.8 Å². The van der Waals surface area contributed by atoms with Crippen molar-refractivity contribution >= 4 is 16.3 Å². The fourth-order valence-corrected chi connectivity index (χ4v) is 1.88. The fourth-order valence-electron chi connectivity index (χ4n) is 1.34. The summed E-state index contributed by atoms with van der Waals surface area (Å²) in [5.41, 5.74) is 5.53. The van der Waals surface area contributed by atoms with E-state index in [1.807, 2.05) is 0 Å². The van der Waals surface area contributed by atoms with E-state index in [1.54, 1.807) is 6.20 Å². The van der Waals surface area contributed by atoms with Crippen molar-refractivity contribution in [1.82, 2.24) is 4.98 Å². The first-order valence-corrected chi connectivity index (χ1v) is 5.41. The quantitative estimate of drug-likeness (QED) is 0.806. The van der Waals surface area contributed by atoms with E-state index in [1.165, 1.54) is 24.2 Å². The predicted molar refractivity (Wildman–Crippen MR) is 53.9 cm³/mol. The standard InChI is InChI=1S/C9H14N2OS/c1-6(7-2-3-7)5-12-9-11-4-8(10)13-9/h4,6-7H,2-3,5,10H2,1H3. The van der Waals surface area contributed by atoms with Crippen LogP contribution in [-0.4, -0.2) is 11.6 Å². The number of nitrogen functional groups attached to an aromatic ring is 1. The third kappa shape index (κ3) is 2.34. The van der Waals surface area contributed by atoms with Gasteiger partial charge in [0, 0.05) is 0 Å². The van der Waals surface area contributed by atoms with Crippen LogP contribution in [0, 0.1) is 11.8 Å². The fraction of sp³-hybridized carbons (Fsp3) is 0.667. The molecule has 0 spiro atoms. The first-order valence-electron chi connectivity index (χ1n) is 4.60. The van der Waals surface area contributed by atoms with Gasteiger partial charge in [-0.2, -0.15) is 0 Å². The highest BCUT2D eigenvalue weighted by Crippen LogP contribution is 2.36. The Kier molecular flexibility index (Phi) is 2.40. The zero-order valence-corrected chi connectivity index (χ0v) is 8.51. The van der Waals surface area contributed by atoms with Crippen molar-refractivity contribution in [3.05, 3.63) is 6.20 Å². The number of aromatic nitrogens is 1. The summed E-state index contributed by atoms with van der Waals surface area (Å²) in [7, 11) is 0. The number of ether oxygens (including phenoxy) is 1. The first-order chi connectivity index (χ1) is 6.25. The number of hydrogen-bond acceptors (Lipinski definition) is 4. The van der Waals surface area contributed by atoms with Crippen LogP contribution in [0.2, 0.25) is 0 Å². The van der Waals surface area contributed by atoms with Gasteiger partial charge in [0.1, 0.15) is 5.00 Å². The average Bonchev–Trinajstić information content (AvgIpc) is 2.87. The van der Waals surface area contributed by atoms with Crippen molar-refractivity contribution in [3.63, 3.8) is 0 Å². The van der Waals surface area contributed by atoms with Gasteiger partial charge in [-0.1, -0.05) is 18.3 Å². The Bertz CT molecular complexity index is 283. The number of hydrogen-bond donors (Lipinski definition) is 1. The molecule has 0 amide bonds. The molecule has 1 fully saturated rings. The summed E-state index contributed by atoms with van der Waals surface area (Å²) < 4.78 is 5.52. The summed E-state index contributed by atoms with van der Waals surface area (Å²) in [5, 5.41) is 1.42. The monoisotopic (exact) mass is 198 g/mol. The van der Waals surface area contributed by atoms with Crippen LogP contribution in [0.3, 0.4) is 0 Å². The molecule has 2 N–H and O–H groups in total. The second-order valence-corrected chi connectivity index (χ2v) is 4.68. The van der Waals surface area contributed by atoms with Gasteiger partial charge < -0.3 is 10.5 Å². The minimum absolute atomic E-state index is 0.658. The Morgan fingerprint density at radius 2 is 2.54 bits per heavy atom. The topological polar surface area (TPSA) is 48.1 Å². The lowest BCUT2D eigenvalue weighted by Gasteiger charge is -2.08. The van der Waals surface area contributed by atoms with Crippen LogP contribution < -0.4 is 10.5 Å². The zero-order valence-electron chi connectivity index (χ0n) is 7.69. The average molecular weight is 198 g/mol. The highest BCUT2D eigenvalue weighted by Gasteiger charge is 2.28. The van der Waals surface area contributed by atoms with Crippen molar-refractivity contribution in [3.8, 4) is 5.19 Å². The van der Waals surface area contributed by atoms with Gasteiger partial charge in [-0.05, 0) is 24.7 Å². The molecule has 1 heterocycles. The molecule has 13 heavy (non-hydrogen) atoms. The Balaban J connectivity index is 1.78. The molecule has 1 unspecified atom stereocenters. The predicted octanol–water partition coefficient (Wildman–Crippen LogP) is 2.15. The lowest BCUT2D eigenvalue weighted by atomic mass is 10.1. The molecule has 3 nitrogen and oxygen atoms in total. The Hall–Kier alpha value is -0.770. The molecule has 0 aliphatic heterocycles. The second-order valence-electron chi connectivity index (χ2n) is 3.65. The Morgan fingerprint density at radius 1 is 1.77 bits per heavy atom. The maximum atomic E-state index is 5.53. The van der Waals surface area contributed by atoms with E-state index >= 15 is 0 Å². The molecule has 1 atom stereocenters. The highest BCUT2D eigenvalue weighted by molar-refractivity contribution is 7.17. The van der Waals surface area contributed by atoms with E-state index in [0.29, 0.717) is 16.1 Å². The lowest BCUT2D eigenvalue weighted by molar-refractivity contribution is 0.243. The molecule has 0 aromatic carbocycles. The summed E-state index contributed by atoms with van der Waals surface area (Å²) in [6.07, 6.45) is 4.37. The third-order valence-electron chi connectivity index (χ3n) is 2.40. The molecule has 72 valence electrons. The summed E-state index contributed by atoms with van der Waals surface area (Å²) in [6, 6.07) is 0. The Labute approximate surface area is 81.9 Å². The third-order valence-corrected chi connectivity index (χ3v) is 3.14. The lowest BCUT2D eigenvalue weighted by Crippen LogP contribution is -2.09. The minimum atomic E-state index is 0.658. The van der Waals surface area contributed by atoms with E-state index in [9.17, 15) is 0 Å². The normalized spacial score (nSPS) is 18.5. The molecule has 1 aliphatic carbocycles. The van der Waals surface area contributed by atoms with Gasteiger partial charge in [-0.15, -0.1) is 0 Å². The first kappa shape index (κ1) is 8.81. The van der Waals surface area contributed by atoms with Crippen molar-refractivity contribution < 1.29 is 4.74 Å².